The van der Waals surface area contributed by atoms with Crippen LogP contribution in [0.5, 0.6) is 0 Å². The molecule has 2 N–H and O–H groups in total. The molecule has 1 amide bonds. The van der Waals surface area contributed by atoms with Gasteiger partial charge in [-0.1, -0.05) is 29.8 Å². The molecule has 0 unspecified atom stereocenters. The molecule has 1 aromatic heterocycles. The van der Waals surface area contributed by atoms with Gasteiger partial charge in [0.15, 0.2) is 0 Å². The van der Waals surface area contributed by atoms with E-state index in [1.54, 1.807) is 12.4 Å². The molecule has 2 aromatic rings. The van der Waals surface area contributed by atoms with E-state index in [2.05, 4.69) is 10.3 Å². The standard InChI is InChI=1S/C18H22N2O3/c1-14-3-5-15(6-4-14)16-11-17(13-19-12-16)18(22)20-7-2-9-23-10-8-21/h3-6,11-13,21H,2,7-10H2,1H3,(H,20,22). The molecule has 0 radical (unpaired) electrons. The molecule has 122 valence electrons. The van der Waals surface area contributed by atoms with Gasteiger partial charge in [0.25, 0.3) is 5.91 Å². The van der Waals surface area contributed by atoms with E-state index in [9.17, 15) is 4.79 Å². The van der Waals surface area contributed by atoms with Crippen LogP contribution in [-0.2, 0) is 4.74 Å². The Balaban J connectivity index is 1.91. The van der Waals surface area contributed by atoms with Gasteiger partial charge in [-0.15, -0.1) is 0 Å². The zero-order valence-corrected chi connectivity index (χ0v) is 13.3. The number of hydrogen-bond donors (Lipinski definition) is 2. The number of aryl methyl sites for hydroxylation is 1. The molecular weight excluding hydrogens is 292 g/mol. The molecule has 0 spiro atoms. The zero-order valence-electron chi connectivity index (χ0n) is 13.3. The Bertz CT molecular complexity index is 626. The molecule has 5 heteroatoms. The maximum absolute atomic E-state index is 12.1. The number of nitrogens with one attached hydrogen (secondary N) is 1. The van der Waals surface area contributed by atoms with Crippen LogP contribution in [0.4, 0.5) is 0 Å². The van der Waals surface area contributed by atoms with E-state index in [4.69, 9.17) is 9.84 Å². The maximum Gasteiger partial charge on any atom is 0.252 e. The van der Waals surface area contributed by atoms with Crippen molar-refractivity contribution in [2.24, 2.45) is 0 Å². The lowest BCUT2D eigenvalue weighted by atomic mass is 10.0. The summed E-state index contributed by atoms with van der Waals surface area (Å²) in [7, 11) is 0. The molecule has 0 atom stereocenters. The normalized spacial score (nSPS) is 10.5. The highest BCUT2D eigenvalue weighted by Crippen LogP contribution is 2.19. The van der Waals surface area contributed by atoms with Gasteiger partial charge >= 0.3 is 0 Å². The van der Waals surface area contributed by atoms with Crippen LogP contribution >= 0.6 is 0 Å². The highest BCUT2D eigenvalue weighted by Gasteiger charge is 2.07. The van der Waals surface area contributed by atoms with Crippen molar-refractivity contribution >= 4 is 5.91 Å². The van der Waals surface area contributed by atoms with Crippen LogP contribution in [0, 0.1) is 6.92 Å². The summed E-state index contributed by atoms with van der Waals surface area (Å²) >= 11 is 0. The summed E-state index contributed by atoms with van der Waals surface area (Å²) in [5.74, 6) is -0.145. The van der Waals surface area contributed by atoms with Gasteiger partial charge in [0.1, 0.15) is 0 Å². The first-order valence-corrected chi connectivity index (χ1v) is 7.69. The van der Waals surface area contributed by atoms with Gasteiger partial charge in [-0.05, 0) is 25.0 Å². The van der Waals surface area contributed by atoms with Gasteiger partial charge in [0.05, 0.1) is 18.8 Å². The first-order chi connectivity index (χ1) is 11.2. The van der Waals surface area contributed by atoms with E-state index in [1.807, 2.05) is 37.3 Å². The Hall–Kier alpha value is -2.24. The van der Waals surface area contributed by atoms with Gasteiger partial charge in [0, 0.05) is 31.1 Å². The van der Waals surface area contributed by atoms with Crippen LogP contribution in [0.15, 0.2) is 42.7 Å². The summed E-state index contributed by atoms with van der Waals surface area (Å²) < 4.78 is 5.14. The third-order valence-electron chi connectivity index (χ3n) is 3.37. The summed E-state index contributed by atoms with van der Waals surface area (Å²) in [6, 6.07) is 9.96. The van der Waals surface area contributed by atoms with E-state index in [0.717, 1.165) is 11.1 Å². The number of hydrogen-bond acceptors (Lipinski definition) is 4. The van der Waals surface area contributed by atoms with Crippen molar-refractivity contribution in [3.63, 3.8) is 0 Å². The fourth-order valence-corrected chi connectivity index (χ4v) is 2.11. The van der Waals surface area contributed by atoms with Crippen LogP contribution in [0.25, 0.3) is 11.1 Å². The molecule has 0 fully saturated rings. The highest BCUT2D eigenvalue weighted by atomic mass is 16.5. The summed E-state index contributed by atoms with van der Waals surface area (Å²) in [4.78, 5) is 16.3. The second-order valence-corrected chi connectivity index (χ2v) is 5.27. The van der Waals surface area contributed by atoms with Crippen molar-refractivity contribution in [1.82, 2.24) is 10.3 Å². The van der Waals surface area contributed by atoms with Gasteiger partial charge < -0.3 is 15.2 Å². The summed E-state index contributed by atoms with van der Waals surface area (Å²) in [5, 5.41) is 11.4. The van der Waals surface area contributed by atoms with Crippen molar-refractivity contribution in [1.29, 1.82) is 0 Å². The lowest BCUT2D eigenvalue weighted by molar-refractivity contribution is 0.0867. The molecule has 0 bridgehead atoms. The Morgan fingerprint density at radius 2 is 1.96 bits per heavy atom. The summed E-state index contributed by atoms with van der Waals surface area (Å²) in [6.45, 7) is 3.43. The molecule has 0 aliphatic heterocycles. The predicted octanol–water partition coefficient (Wildman–Crippen LogP) is 2.19. The zero-order chi connectivity index (χ0) is 16.5. The Kier molecular flexibility index (Phi) is 6.72. The van der Waals surface area contributed by atoms with E-state index >= 15 is 0 Å². The number of aliphatic hydroxyl groups is 1. The SMILES string of the molecule is Cc1ccc(-c2cncc(C(=O)NCCCOCCO)c2)cc1. The largest absolute Gasteiger partial charge is 0.394 e. The second-order valence-electron chi connectivity index (χ2n) is 5.27. The molecule has 1 aromatic carbocycles. The Morgan fingerprint density at radius 1 is 1.17 bits per heavy atom. The minimum Gasteiger partial charge on any atom is -0.394 e. The number of ether oxygens (including phenoxy) is 1. The third-order valence-corrected chi connectivity index (χ3v) is 3.37. The smallest absolute Gasteiger partial charge is 0.252 e. The number of amides is 1. The number of aliphatic hydroxyl groups excluding tert-OH is 1. The molecule has 0 saturated carbocycles. The van der Waals surface area contributed by atoms with Crippen molar-refractivity contribution in [3.8, 4) is 11.1 Å². The molecule has 2 rings (SSSR count). The van der Waals surface area contributed by atoms with E-state index in [0.29, 0.717) is 31.7 Å². The highest BCUT2D eigenvalue weighted by molar-refractivity contribution is 5.95. The minimum absolute atomic E-state index is 0.0177. The average molecular weight is 314 g/mol. The van der Waals surface area contributed by atoms with Crippen molar-refractivity contribution < 1.29 is 14.6 Å². The minimum atomic E-state index is -0.145. The Morgan fingerprint density at radius 3 is 2.70 bits per heavy atom. The predicted molar refractivity (Wildman–Crippen MR) is 89.3 cm³/mol. The van der Waals surface area contributed by atoms with Crippen LogP contribution < -0.4 is 5.32 Å². The fraction of sp³-hybridized carbons (Fsp3) is 0.333. The number of pyridine rings is 1. The average Bonchev–Trinajstić information content (AvgIpc) is 2.58. The lowest BCUT2D eigenvalue weighted by Gasteiger charge is -2.07. The monoisotopic (exact) mass is 314 g/mol. The number of carbonyl (C=O) groups is 1. The van der Waals surface area contributed by atoms with E-state index < -0.39 is 0 Å². The van der Waals surface area contributed by atoms with E-state index in [-0.39, 0.29) is 12.5 Å². The molecule has 5 nitrogen and oxygen atoms in total. The van der Waals surface area contributed by atoms with Crippen molar-refractivity contribution in [2.45, 2.75) is 13.3 Å². The van der Waals surface area contributed by atoms with Crippen LogP contribution in [-0.4, -0.2) is 42.4 Å². The maximum atomic E-state index is 12.1. The number of carbonyl (C=O) groups excluding carboxylic acids is 1. The van der Waals surface area contributed by atoms with Crippen LogP contribution in [0.2, 0.25) is 0 Å². The van der Waals surface area contributed by atoms with E-state index in [1.165, 1.54) is 5.56 Å². The van der Waals surface area contributed by atoms with Crippen LogP contribution in [0.3, 0.4) is 0 Å². The number of benzene rings is 1. The third kappa shape index (κ3) is 5.47. The molecule has 23 heavy (non-hydrogen) atoms. The van der Waals surface area contributed by atoms with Gasteiger partial charge in [-0.3, -0.25) is 9.78 Å². The molecule has 0 aliphatic carbocycles. The van der Waals surface area contributed by atoms with Gasteiger partial charge in [-0.25, -0.2) is 0 Å². The first-order valence-electron chi connectivity index (χ1n) is 7.69. The van der Waals surface area contributed by atoms with Crippen molar-refractivity contribution in [2.75, 3.05) is 26.4 Å². The molecule has 1 heterocycles. The molecule has 0 saturated heterocycles. The lowest BCUT2D eigenvalue weighted by Crippen LogP contribution is -2.25. The van der Waals surface area contributed by atoms with Gasteiger partial charge in [0.2, 0.25) is 0 Å². The quantitative estimate of drug-likeness (QED) is 0.733. The van der Waals surface area contributed by atoms with Crippen molar-refractivity contribution in [3.05, 3.63) is 53.9 Å². The summed E-state index contributed by atoms with van der Waals surface area (Å²) in [6.07, 6.45) is 4.02. The Labute approximate surface area is 136 Å². The number of nitrogens with zero attached hydrogens (tertiary/aromatic N) is 1. The number of aromatic nitrogens is 1. The topological polar surface area (TPSA) is 71.5 Å². The summed E-state index contributed by atoms with van der Waals surface area (Å²) in [5.41, 5.74) is 3.69. The number of rotatable bonds is 8. The first kappa shape index (κ1) is 17.1. The molecule has 0 aliphatic rings. The molecular formula is C18H22N2O3. The fourth-order valence-electron chi connectivity index (χ4n) is 2.11. The van der Waals surface area contributed by atoms with Crippen LogP contribution in [0.1, 0.15) is 22.3 Å². The van der Waals surface area contributed by atoms with Gasteiger partial charge in [-0.2, -0.15) is 0 Å². The second kappa shape index (κ2) is 9.02.